The van der Waals surface area contributed by atoms with Gasteiger partial charge in [-0.15, -0.1) is 0 Å². The topological polar surface area (TPSA) is 49.7 Å². The largest absolute Gasteiger partial charge is 0.507 e. The Bertz CT molecular complexity index is 564. The number of allylic oxidation sites excluding steroid dienone is 7. The summed E-state index contributed by atoms with van der Waals surface area (Å²) in [5.41, 5.74) is 1.35. The van der Waals surface area contributed by atoms with Gasteiger partial charge in [-0.3, -0.25) is 0 Å². The molecule has 0 spiro atoms. The van der Waals surface area contributed by atoms with Crippen LogP contribution in [-0.2, 0) is 0 Å². The molecule has 0 radical (unpaired) electrons. The fourth-order valence-electron chi connectivity index (χ4n) is 1.74. The van der Waals surface area contributed by atoms with Crippen LogP contribution in [0.25, 0.3) is 5.76 Å². The number of phenolic OH excluding ortho intramolecular Hbond substituents is 1. The third-order valence-corrected chi connectivity index (χ3v) is 2.68. The fraction of sp³-hybridized carbons (Fsp3) is 0.125. The van der Waals surface area contributed by atoms with E-state index >= 15 is 0 Å². The molecule has 98 valence electrons. The van der Waals surface area contributed by atoms with Crippen LogP contribution in [0.15, 0.2) is 60.2 Å². The van der Waals surface area contributed by atoms with E-state index in [0.717, 1.165) is 5.57 Å². The molecule has 1 aromatic carbocycles. The molecule has 0 bridgehead atoms. The van der Waals surface area contributed by atoms with E-state index in [4.69, 9.17) is 4.74 Å². The van der Waals surface area contributed by atoms with Crippen LogP contribution in [0, 0.1) is 0 Å². The molecule has 2 N–H and O–H groups in total. The standard InChI is InChI=1S/C16H16O3/c1-2-19-13-8-10-16(18)14(11-13)15(17)9-7-12-5-3-4-6-12/h3-11,17-18H,2H2,1H3. The number of aliphatic hydroxyl groups is 1. The van der Waals surface area contributed by atoms with Gasteiger partial charge in [-0.2, -0.15) is 0 Å². The maximum atomic E-state index is 10.0. The van der Waals surface area contributed by atoms with Crippen LogP contribution in [0.5, 0.6) is 11.5 Å². The molecule has 3 heteroatoms. The molecule has 0 aliphatic heterocycles. The summed E-state index contributed by atoms with van der Waals surface area (Å²) in [5.74, 6) is 0.636. The van der Waals surface area contributed by atoms with Gasteiger partial charge in [0.05, 0.1) is 12.2 Å². The smallest absolute Gasteiger partial charge is 0.126 e. The van der Waals surface area contributed by atoms with Crippen LogP contribution in [0.1, 0.15) is 12.5 Å². The number of hydrogen-bond donors (Lipinski definition) is 2. The number of benzene rings is 1. The van der Waals surface area contributed by atoms with Crippen LogP contribution < -0.4 is 4.74 Å². The summed E-state index contributed by atoms with van der Waals surface area (Å²) in [6.07, 6.45) is 11.0. The van der Waals surface area contributed by atoms with Gasteiger partial charge in [0.2, 0.25) is 0 Å². The number of phenols is 1. The summed E-state index contributed by atoms with van der Waals surface area (Å²) in [6.45, 7) is 2.42. The number of ether oxygens (including phenoxy) is 1. The van der Waals surface area contributed by atoms with Gasteiger partial charge >= 0.3 is 0 Å². The second-order valence-electron chi connectivity index (χ2n) is 4.05. The molecule has 0 unspecified atom stereocenters. The predicted molar refractivity (Wildman–Crippen MR) is 76.2 cm³/mol. The maximum Gasteiger partial charge on any atom is 0.126 e. The lowest BCUT2D eigenvalue weighted by Gasteiger charge is -2.07. The lowest BCUT2D eigenvalue weighted by molar-refractivity contribution is 0.339. The van der Waals surface area contributed by atoms with E-state index in [1.807, 2.05) is 31.2 Å². The Labute approximate surface area is 112 Å². The van der Waals surface area contributed by atoms with Crippen LogP contribution in [0.4, 0.5) is 0 Å². The second-order valence-corrected chi connectivity index (χ2v) is 4.05. The van der Waals surface area contributed by atoms with E-state index in [0.29, 0.717) is 17.9 Å². The van der Waals surface area contributed by atoms with Crippen molar-refractivity contribution in [3.05, 3.63) is 65.8 Å². The normalized spacial score (nSPS) is 13.9. The second kappa shape index (κ2) is 5.96. The van der Waals surface area contributed by atoms with Crippen molar-refractivity contribution < 1.29 is 14.9 Å². The third-order valence-electron chi connectivity index (χ3n) is 2.68. The summed E-state index contributed by atoms with van der Waals surface area (Å²) in [4.78, 5) is 0. The van der Waals surface area contributed by atoms with E-state index in [9.17, 15) is 10.2 Å². The molecule has 0 atom stereocenters. The summed E-state index contributed by atoms with van der Waals surface area (Å²) in [6, 6.07) is 4.78. The Morgan fingerprint density at radius 1 is 1.26 bits per heavy atom. The SMILES string of the molecule is CCOc1ccc(O)c(C(O)=CC=C2C=CC=C2)c1. The molecular weight excluding hydrogens is 240 g/mol. The highest BCUT2D eigenvalue weighted by Crippen LogP contribution is 2.28. The molecule has 19 heavy (non-hydrogen) atoms. The molecule has 0 aromatic heterocycles. The minimum Gasteiger partial charge on any atom is -0.507 e. The number of hydrogen-bond acceptors (Lipinski definition) is 3. The minimum absolute atomic E-state index is 0.000234. The van der Waals surface area contributed by atoms with Gasteiger partial charge in [-0.25, -0.2) is 0 Å². The molecule has 0 fully saturated rings. The van der Waals surface area contributed by atoms with E-state index in [1.165, 1.54) is 6.07 Å². The fourth-order valence-corrected chi connectivity index (χ4v) is 1.74. The molecule has 2 rings (SSSR count). The highest BCUT2D eigenvalue weighted by atomic mass is 16.5. The molecule has 1 aliphatic carbocycles. The average Bonchev–Trinajstić information content (AvgIpc) is 2.92. The molecular formula is C16H16O3. The van der Waals surface area contributed by atoms with Crippen molar-refractivity contribution in [3.63, 3.8) is 0 Å². The lowest BCUT2D eigenvalue weighted by atomic mass is 10.1. The zero-order valence-corrected chi connectivity index (χ0v) is 10.7. The van der Waals surface area contributed by atoms with Gasteiger partial charge in [0.1, 0.15) is 17.3 Å². The number of rotatable bonds is 4. The van der Waals surface area contributed by atoms with E-state index in [1.54, 1.807) is 24.3 Å². The minimum atomic E-state index is 0.000234. The quantitative estimate of drug-likeness (QED) is 0.807. The molecule has 0 saturated carbocycles. The van der Waals surface area contributed by atoms with E-state index < -0.39 is 0 Å². The highest BCUT2D eigenvalue weighted by Gasteiger charge is 2.07. The van der Waals surface area contributed by atoms with Gasteiger partial charge in [0.25, 0.3) is 0 Å². The molecule has 0 saturated heterocycles. The van der Waals surface area contributed by atoms with E-state index in [2.05, 4.69) is 0 Å². The van der Waals surface area contributed by atoms with Crippen LogP contribution in [0.2, 0.25) is 0 Å². The van der Waals surface area contributed by atoms with Gasteiger partial charge in [-0.05, 0) is 36.8 Å². The molecule has 0 amide bonds. The summed E-state index contributed by atoms with van der Waals surface area (Å²) < 4.78 is 5.34. The van der Waals surface area contributed by atoms with Gasteiger partial charge < -0.3 is 14.9 Å². The molecule has 1 aliphatic rings. The Kier molecular flexibility index (Phi) is 4.08. The summed E-state index contributed by atoms with van der Waals surface area (Å²) >= 11 is 0. The van der Waals surface area contributed by atoms with Crippen molar-refractivity contribution in [1.29, 1.82) is 0 Å². The Morgan fingerprint density at radius 2 is 2.00 bits per heavy atom. The zero-order valence-electron chi connectivity index (χ0n) is 10.7. The highest BCUT2D eigenvalue weighted by molar-refractivity contribution is 5.67. The average molecular weight is 256 g/mol. The van der Waals surface area contributed by atoms with Crippen molar-refractivity contribution in [1.82, 2.24) is 0 Å². The summed E-state index contributed by atoms with van der Waals surface area (Å²) in [5, 5.41) is 19.8. The van der Waals surface area contributed by atoms with Crippen molar-refractivity contribution in [2.24, 2.45) is 0 Å². The Morgan fingerprint density at radius 3 is 2.68 bits per heavy atom. The van der Waals surface area contributed by atoms with Crippen molar-refractivity contribution in [2.75, 3.05) is 6.61 Å². The van der Waals surface area contributed by atoms with Gasteiger partial charge in [0.15, 0.2) is 0 Å². The summed E-state index contributed by atoms with van der Waals surface area (Å²) in [7, 11) is 0. The van der Waals surface area contributed by atoms with Crippen LogP contribution in [-0.4, -0.2) is 16.8 Å². The maximum absolute atomic E-state index is 10.0. The first-order valence-corrected chi connectivity index (χ1v) is 6.12. The van der Waals surface area contributed by atoms with Crippen molar-refractivity contribution in [2.45, 2.75) is 6.92 Å². The number of aromatic hydroxyl groups is 1. The van der Waals surface area contributed by atoms with Gasteiger partial charge in [-0.1, -0.05) is 30.4 Å². The predicted octanol–water partition coefficient (Wildman–Crippen LogP) is 3.74. The Hall–Kier alpha value is -2.42. The first-order valence-electron chi connectivity index (χ1n) is 6.12. The lowest BCUT2D eigenvalue weighted by Crippen LogP contribution is -1.93. The van der Waals surface area contributed by atoms with Crippen LogP contribution >= 0.6 is 0 Å². The van der Waals surface area contributed by atoms with Gasteiger partial charge in [0, 0.05) is 0 Å². The zero-order chi connectivity index (χ0) is 13.7. The first kappa shape index (κ1) is 13.0. The van der Waals surface area contributed by atoms with Crippen molar-refractivity contribution in [3.8, 4) is 11.5 Å². The third kappa shape index (κ3) is 3.28. The first-order chi connectivity index (χ1) is 9.20. The van der Waals surface area contributed by atoms with Crippen molar-refractivity contribution >= 4 is 5.76 Å². The molecule has 0 heterocycles. The van der Waals surface area contributed by atoms with E-state index in [-0.39, 0.29) is 11.5 Å². The molecule has 1 aromatic rings. The monoisotopic (exact) mass is 256 g/mol. The number of aliphatic hydroxyl groups excluding tert-OH is 1. The Balaban J connectivity index is 2.26. The molecule has 3 nitrogen and oxygen atoms in total. The van der Waals surface area contributed by atoms with Crippen LogP contribution in [0.3, 0.4) is 0 Å².